The number of hydrogen-bond donors (Lipinski definition) is 1. The molecule has 0 bridgehead atoms. The van der Waals surface area contributed by atoms with Gasteiger partial charge in [0.25, 0.3) is 5.91 Å². The molecule has 28 heavy (non-hydrogen) atoms. The summed E-state index contributed by atoms with van der Waals surface area (Å²) in [5, 5.41) is 3.03. The van der Waals surface area contributed by atoms with Crippen molar-refractivity contribution in [3.8, 4) is 0 Å². The van der Waals surface area contributed by atoms with Crippen LogP contribution in [0, 0.1) is 0 Å². The highest BCUT2D eigenvalue weighted by Gasteiger charge is 2.12. The van der Waals surface area contributed by atoms with Gasteiger partial charge in [0.1, 0.15) is 5.82 Å². The van der Waals surface area contributed by atoms with Crippen molar-refractivity contribution in [1.82, 2.24) is 19.8 Å². The molecular formula is C22H29N5O. The molecule has 0 aliphatic rings. The Labute approximate surface area is 166 Å². The number of nitrogens with one attached hydrogen (secondary N) is 1. The molecule has 1 amide bonds. The molecule has 0 aliphatic heterocycles. The number of aromatic nitrogens is 2. The van der Waals surface area contributed by atoms with Gasteiger partial charge in [0.15, 0.2) is 0 Å². The van der Waals surface area contributed by atoms with Crippen LogP contribution in [0.15, 0.2) is 48.5 Å². The predicted octanol–water partition coefficient (Wildman–Crippen LogP) is 2.64. The van der Waals surface area contributed by atoms with Gasteiger partial charge in [-0.15, -0.1) is 0 Å². The van der Waals surface area contributed by atoms with Crippen LogP contribution in [0.4, 0.5) is 5.69 Å². The molecule has 3 aromatic rings. The largest absolute Gasteiger partial charge is 0.378 e. The van der Waals surface area contributed by atoms with Crippen molar-refractivity contribution < 1.29 is 4.79 Å². The number of para-hydroxylation sites is 2. The summed E-state index contributed by atoms with van der Waals surface area (Å²) in [7, 11) is 8.08. The highest BCUT2D eigenvalue weighted by molar-refractivity contribution is 5.95. The summed E-state index contributed by atoms with van der Waals surface area (Å²) in [5.74, 6) is 0.949. The third-order valence-corrected chi connectivity index (χ3v) is 4.76. The smallest absolute Gasteiger partial charge is 0.251 e. The van der Waals surface area contributed by atoms with Crippen LogP contribution in [0.2, 0.25) is 0 Å². The van der Waals surface area contributed by atoms with Crippen molar-refractivity contribution >= 4 is 22.6 Å². The van der Waals surface area contributed by atoms with E-state index in [1.807, 2.05) is 61.5 Å². The number of imidazole rings is 1. The molecule has 0 saturated heterocycles. The van der Waals surface area contributed by atoms with Crippen LogP contribution in [0.5, 0.6) is 0 Å². The number of amides is 1. The van der Waals surface area contributed by atoms with Crippen LogP contribution >= 0.6 is 0 Å². The van der Waals surface area contributed by atoms with Gasteiger partial charge >= 0.3 is 0 Å². The molecule has 3 rings (SSSR count). The molecule has 6 heteroatoms. The van der Waals surface area contributed by atoms with Crippen LogP contribution in [0.25, 0.3) is 11.0 Å². The number of likely N-dealkylation sites (N-methyl/N-ethyl adjacent to an activating group) is 1. The number of carbonyl (C=O) groups excluding carboxylic acids is 1. The quantitative estimate of drug-likeness (QED) is 0.654. The normalized spacial score (nSPS) is 11.2. The Kier molecular flexibility index (Phi) is 6.31. The first-order valence-electron chi connectivity index (χ1n) is 9.60. The molecule has 0 fully saturated rings. The van der Waals surface area contributed by atoms with Gasteiger partial charge in [-0.1, -0.05) is 18.2 Å². The number of carbonyl (C=O) groups is 1. The maximum absolute atomic E-state index is 12.5. The van der Waals surface area contributed by atoms with Crippen molar-refractivity contribution in [3.63, 3.8) is 0 Å². The minimum atomic E-state index is -0.0559. The third kappa shape index (κ3) is 4.70. The number of hydrogen-bond acceptors (Lipinski definition) is 4. The summed E-state index contributed by atoms with van der Waals surface area (Å²) in [5.41, 5.74) is 3.83. The van der Waals surface area contributed by atoms with Crippen molar-refractivity contribution in [2.24, 2.45) is 0 Å². The monoisotopic (exact) mass is 379 g/mol. The third-order valence-electron chi connectivity index (χ3n) is 4.76. The zero-order chi connectivity index (χ0) is 20.1. The van der Waals surface area contributed by atoms with E-state index in [-0.39, 0.29) is 5.91 Å². The summed E-state index contributed by atoms with van der Waals surface area (Å²) in [6.07, 6.45) is 0.696. The van der Waals surface area contributed by atoms with Gasteiger partial charge in [0.05, 0.1) is 11.0 Å². The average molecular weight is 380 g/mol. The van der Waals surface area contributed by atoms with E-state index in [0.29, 0.717) is 18.5 Å². The second-order valence-electron chi connectivity index (χ2n) is 7.42. The average Bonchev–Trinajstić information content (AvgIpc) is 3.03. The van der Waals surface area contributed by atoms with E-state index >= 15 is 0 Å². The second kappa shape index (κ2) is 8.89. The van der Waals surface area contributed by atoms with Crippen LogP contribution < -0.4 is 10.2 Å². The first kappa shape index (κ1) is 19.9. The summed E-state index contributed by atoms with van der Waals surface area (Å²) < 4.78 is 2.26. The van der Waals surface area contributed by atoms with Gasteiger partial charge in [-0.25, -0.2) is 4.98 Å². The zero-order valence-corrected chi connectivity index (χ0v) is 17.1. The molecule has 0 aliphatic carbocycles. The van der Waals surface area contributed by atoms with Crippen LogP contribution in [0.1, 0.15) is 16.2 Å². The number of fused-ring (bicyclic) bond motifs is 1. The Morgan fingerprint density at radius 1 is 1.07 bits per heavy atom. The number of benzene rings is 2. The van der Waals surface area contributed by atoms with E-state index in [2.05, 4.69) is 34.9 Å². The molecule has 0 unspecified atom stereocenters. The molecule has 148 valence electrons. The van der Waals surface area contributed by atoms with E-state index in [9.17, 15) is 4.79 Å². The summed E-state index contributed by atoms with van der Waals surface area (Å²) >= 11 is 0. The van der Waals surface area contributed by atoms with Crippen LogP contribution in [-0.4, -0.2) is 61.6 Å². The molecule has 1 aromatic heterocycles. The highest BCUT2D eigenvalue weighted by atomic mass is 16.1. The predicted molar refractivity (Wildman–Crippen MR) is 115 cm³/mol. The van der Waals surface area contributed by atoms with Crippen molar-refractivity contribution in [3.05, 3.63) is 59.9 Å². The van der Waals surface area contributed by atoms with Gasteiger partial charge in [0, 0.05) is 51.4 Å². The zero-order valence-electron chi connectivity index (χ0n) is 17.1. The Balaban J connectivity index is 1.69. The fraction of sp³-hybridized carbons (Fsp3) is 0.364. The molecule has 0 atom stereocenters. The molecule has 1 heterocycles. The lowest BCUT2D eigenvalue weighted by atomic mass is 10.2. The number of rotatable bonds is 8. The van der Waals surface area contributed by atoms with Gasteiger partial charge in [-0.3, -0.25) is 4.79 Å². The Morgan fingerprint density at radius 2 is 1.86 bits per heavy atom. The Hall–Kier alpha value is -2.86. The molecule has 0 spiro atoms. The SMILES string of the molecule is CN(C)CCn1c(CCNC(=O)c2cccc(N(C)C)c2)nc2ccccc21. The lowest BCUT2D eigenvalue weighted by molar-refractivity contribution is 0.0954. The van der Waals surface area contributed by atoms with Gasteiger partial charge in [0.2, 0.25) is 0 Å². The van der Waals surface area contributed by atoms with Crippen LogP contribution in [0.3, 0.4) is 0 Å². The first-order valence-corrected chi connectivity index (χ1v) is 9.60. The lowest BCUT2D eigenvalue weighted by Gasteiger charge is -2.14. The molecule has 2 aromatic carbocycles. The molecular weight excluding hydrogens is 350 g/mol. The second-order valence-corrected chi connectivity index (χ2v) is 7.42. The van der Waals surface area contributed by atoms with E-state index in [4.69, 9.17) is 4.98 Å². The van der Waals surface area contributed by atoms with E-state index in [1.54, 1.807) is 0 Å². The molecule has 0 saturated carbocycles. The highest BCUT2D eigenvalue weighted by Crippen LogP contribution is 2.17. The minimum Gasteiger partial charge on any atom is -0.378 e. The number of anilines is 1. The van der Waals surface area contributed by atoms with Crippen LogP contribution in [-0.2, 0) is 13.0 Å². The lowest BCUT2D eigenvalue weighted by Crippen LogP contribution is -2.27. The van der Waals surface area contributed by atoms with Crippen molar-refractivity contribution in [2.45, 2.75) is 13.0 Å². The van der Waals surface area contributed by atoms with E-state index in [1.165, 1.54) is 0 Å². The Morgan fingerprint density at radius 3 is 2.61 bits per heavy atom. The summed E-state index contributed by atoms with van der Waals surface area (Å²) in [4.78, 5) is 21.5. The van der Waals surface area contributed by atoms with Crippen molar-refractivity contribution in [1.29, 1.82) is 0 Å². The van der Waals surface area contributed by atoms with Gasteiger partial charge < -0.3 is 19.7 Å². The summed E-state index contributed by atoms with van der Waals surface area (Å²) in [6.45, 7) is 2.37. The van der Waals surface area contributed by atoms with Gasteiger partial charge in [-0.05, 0) is 44.4 Å². The maximum atomic E-state index is 12.5. The standard InChI is InChI=1S/C22H29N5O/c1-25(2)14-15-27-20-11-6-5-10-19(20)24-21(27)12-13-23-22(28)17-8-7-9-18(16-17)26(3)4/h5-11,16H,12-15H2,1-4H3,(H,23,28). The fourth-order valence-electron chi connectivity index (χ4n) is 3.18. The summed E-state index contributed by atoms with van der Waals surface area (Å²) in [6, 6.07) is 15.8. The number of nitrogens with zero attached hydrogens (tertiary/aromatic N) is 4. The minimum absolute atomic E-state index is 0.0559. The van der Waals surface area contributed by atoms with E-state index < -0.39 is 0 Å². The first-order chi connectivity index (χ1) is 13.5. The van der Waals surface area contributed by atoms with Gasteiger partial charge in [-0.2, -0.15) is 0 Å². The van der Waals surface area contributed by atoms with Crippen molar-refractivity contribution in [2.75, 3.05) is 46.2 Å². The molecule has 1 N–H and O–H groups in total. The van der Waals surface area contributed by atoms with E-state index in [0.717, 1.165) is 35.6 Å². The Bertz CT molecular complexity index is 945. The molecule has 0 radical (unpaired) electrons. The molecule has 6 nitrogen and oxygen atoms in total. The fourth-order valence-corrected chi connectivity index (χ4v) is 3.18. The maximum Gasteiger partial charge on any atom is 0.251 e. The topological polar surface area (TPSA) is 53.4 Å².